The molecular weight excluding hydrogens is 222 g/mol. The van der Waals surface area contributed by atoms with Crippen LogP contribution in [0.15, 0.2) is 17.5 Å². The Kier molecular flexibility index (Phi) is 2.67. The Labute approximate surface area is 97.5 Å². The van der Waals surface area contributed by atoms with Crippen LogP contribution in [0.4, 0.5) is 0 Å². The predicted octanol–water partition coefficient (Wildman–Crippen LogP) is 0.860. The molecule has 1 N–H and O–H groups in total. The third-order valence-corrected chi connectivity index (χ3v) is 3.63. The summed E-state index contributed by atoms with van der Waals surface area (Å²) in [6, 6.07) is 4.13. The van der Waals surface area contributed by atoms with Gasteiger partial charge in [-0.05, 0) is 29.6 Å². The quantitative estimate of drug-likeness (QED) is 0.857. The summed E-state index contributed by atoms with van der Waals surface area (Å²) in [6.45, 7) is 2.76. The van der Waals surface area contributed by atoms with Gasteiger partial charge in [-0.15, -0.1) is 21.5 Å². The van der Waals surface area contributed by atoms with Crippen molar-refractivity contribution in [1.82, 2.24) is 25.5 Å². The Bertz CT molecular complexity index is 443. The Morgan fingerprint density at radius 1 is 1.56 bits per heavy atom. The van der Waals surface area contributed by atoms with E-state index < -0.39 is 0 Å². The van der Waals surface area contributed by atoms with Crippen LogP contribution in [0.5, 0.6) is 0 Å². The van der Waals surface area contributed by atoms with Gasteiger partial charge in [0.05, 0.1) is 6.54 Å². The smallest absolute Gasteiger partial charge is 0.179 e. The molecule has 2 aromatic heterocycles. The van der Waals surface area contributed by atoms with Crippen molar-refractivity contribution in [1.29, 1.82) is 0 Å². The van der Waals surface area contributed by atoms with E-state index in [9.17, 15) is 0 Å². The van der Waals surface area contributed by atoms with Gasteiger partial charge in [0, 0.05) is 17.3 Å². The van der Waals surface area contributed by atoms with Gasteiger partial charge in [0.2, 0.25) is 0 Å². The van der Waals surface area contributed by atoms with Crippen molar-refractivity contribution < 1.29 is 0 Å². The standard InChI is InChI=1S/C10H13N5S/c1-2-9(16-5-1)7-15-13-10(12-14-15)8-3-4-11-6-8/h1-2,5,8,11H,3-4,6-7H2. The summed E-state index contributed by atoms with van der Waals surface area (Å²) in [7, 11) is 0. The average molecular weight is 235 g/mol. The number of hydrogen-bond donors (Lipinski definition) is 1. The van der Waals surface area contributed by atoms with Crippen LogP contribution in [-0.4, -0.2) is 33.3 Å². The molecule has 1 saturated heterocycles. The normalized spacial score (nSPS) is 20.4. The number of hydrogen-bond acceptors (Lipinski definition) is 5. The lowest BCUT2D eigenvalue weighted by Crippen LogP contribution is -2.09. The molecule has 1 aliphatic rings. The van der Waals surface area contributed by atoms with E-state index in [0.717, 1.165) is 31.9 Å². The van der Waals surface area contributed by atoms with Gasteiger partial charge in [-0.3, -0.25) is 0 Å². The summed E-state index contributed by atoms with van der Waals surface area (Å²) in [5, 5.41) is 18.0. The van der Waals surface area contributed by atoms with Gasteiger partial charge in [0.15, 0.2) is 5.82 Å². The molecule has 0 amide bonds. The largest absolute Gasteiger partial charge is 0.316 e. The Morgan fingerprint density at radius 3 is 3.31 bits per heavy atom. The van der Waals surface area contributed by atoms with Crippen LogP contribution in [0, 0.1) is 0 Å². The highest BCUT2D eigenvalue weighted by Crippen LogP contribution is 2.17. The van der Waals surface area contributed by atoms with Crippen LogP contribution in [0.2, 0.25) is 0 Å². The van der Waals surface area contributed by atoms with Gasteiger partial charge in [0.25, 0.3) is 0 Å². The molecule has 3 rings (SSSR count). The summed E-state index contributed by atoms with van der Waals surface area (Å²) < 4.78 is 0. The van der Waals surface area contributed by atoms with E-state index in [2.05, 4.69) is 32.2 Å². The van der Waals surface area contributed by atoms with Crippen LogP contribution in [-0.2, 0) is 6.54 Å². The van der Waals surface area contributed by atoms with Gasteiger partial charge in [-0.25, -0.2) is 0 Å². The van der Waals surface area contributed by atoms with Crippen molar-refractivity contribution in [3.8, 4) is 0 Å². The summed E-state index contributed by atoms with van der Waals surface area (Å²) in [4.78, 5) is 2.94. The van der Waals surface area contributed by atoms with Crippen molar-refractivity contribution >= 4 is 11.3 Å². The summed E-state index contributed by atoms with van der Waals surface area (Å²) in [5.74, 6) is 1.32. The van der Waals surface area contributed by atoms with Crippen molar-refractivity contribution in [2.75, 3.05) is 13.1 Å². The molecule has 1 aliphatic heterocycles. The van der Waals surface area contributed by atoms with E-state index in [1.165, 1.54) is 4.88 Å². The number of aromatic nitrogens is 4. The fraction of sp³-hybridized carbons (Fsp3) is 0.500. The van der Waals surface area contributed by atoms with Crippen LogP contribution >= 0.6 is 11.3 Å². The Balaban J connectivity index is 1.72. The number of thiophene rings is 1. The molecule has 0 aliphatic carbocycles. The number of nitrogens with zero attached hydrogens (tertiary/aromatic N) is 4. The van der Waals surface area contributed by atoms with Gasteiger partial charge in [0.1, 0.15) is 0 Å². The van der Waals surface area contributed by atoms with Crippen molar-refractivity contribution in [2.24, 2.45) is 0 Å². The van der Waals surface area contributed by atoms with Crippen LogP contribution in [0.1, 0.15) is 23.0 Å². The lowest BCUT2D eigenvalue weighted by Gasteiger charge is -1.99. The van der Waals surface area contributed by atoms with E-state index in [0.29, 0.717) is 5.92 Å². The van der Waals surface area contributed by atoms with E-state index >= 15 is 0 Å². The SMILES string of the molecule is c1csc(Cn2nnc(C3CCNC3)n2)c1. The molecule has 0 radical (unpaired) electrons. The van der Waals surface area contributed by atoms with Gasteiger partial charge in [-0.1, -0.05) is 6.07 Å². The van der Waals surface area contributed by atoms with Gasteiger partial charge in [-0.2, -0.15) is 4.80 Å². The van der Waals surface area contributed by atoms with E-state index in [4.69, 9.17) is 0 Å². The maximum absolute atomic E-state index is 4.43. The van der Waals surface area contributed by atoms with Gasteiger partial charge >= 0.3 is 0 Å². The minimum atomic E-state index is 0.442. The molecule has 2 aromatic rings. The molecule has 0 saturated carbocycles. The zero-order valence-electron chi connectivity index (χ0n) is 8.83. The zero-order valence-corrected chi connectivity index (χ0v) is 9.65. The van der Waals surface area contributed by atoms with Crippen LogP contribution in [0.3, 0.4) is 0 Å². The molecule has 16 heavy (non-hydrogen) atoms. The van der Waals surface area contributed by atoms with Crippen molar-refractivity contribution in [3.63, 3.8) is 0 Å². The first-order valence-electron chi connectivity index (χ1n) is 5.42. The summed E-state index contributed by atoms with van der Waals surface area (Å²) >= 11 is 1.72. The average Bonchev–Trinajstić information content (AvgIpc) is 2.99. The fourth-order valence-electron chi connectivity index (χ4n) is 1.90. The first-order chi connectivity index (χ1) is 7.92. The molecule has 5 nitrogen and oxygen atoms in total. The molecule has 84 valence electrons. The number of tetrazole rings is 1. The van der Waals surface area contributed by atoms with E-state index in [-0.39, 0.29) is 0 Å². The van der Waals surface area contributed by atoms with Crippen LogP contribution < -0.4 is 5.32 Å². The lowest BCUT2D eigenvalue weighted by molar-refractivity contribution is 0.571. The topological polar surface area (TPSA) is 55.6 Å². The first kappa shape index (κ1) is 9.92. The van der Waals surface area contributed by atoms with E-state index in [1.807, 2.05) is 6.07 Å². The molecule has 1 fully saturated rings. The highest BCUT2D eigenvalue weighted by molar-refractivity contribution is 7.09. The molecule has 0 bridgehead atoms. The Hall–Kier alpha value is -1.27. The molecule has 3 heterocycles. The lowest BCUT2D eigenvalue weighted by atomic mass is 10.1. The summed E-state index contributed by atoms with van der Waals surface area (Å²) in [5.41, 5.74) is 0. The second-order valence-electron chi connectivity index (χ2n) is 3.95. The van der Waals surface area contributed by atoms with E-state index in [1.54, 1.807) is 16.1 Å². The minimum absolute atomic E-state index is 0.442. The molecule has 0 spiro atoms. The van der Waals surface area contributed by atoms with Crippen LogP contribution in [0.25, 0.3) is 0 Å². The molecular formula is C10H13N5S. The predicted molar refractivity (Wildman–Crippen MR) is 61.5 cm³/mol. The molecule has 0 aromatic carbocycles. The molecule has 6 heteroatoms. The number of nitrogens with one attached hydrogen (secondary N) is 1. The third kappa shape index (κ3) is 1.98. The highest BCUT2D eigenvalue weighted by Gasteiger charge is 2.21. The minimum Gasteiger partial charge on any atom is -0.316 e. The first-order valence-corrected chi connectivity index (χ1v) is 6.30. The highest BCUT2D eigenvalue weighted by atomic mass is 32.1. The molecule has 1 atom stereocenters. The third-order valence-electron chi connectivity index (χ3n) is 2.77. The second-order valence-corrected chi connectivity index (χ2v) is 4.98. The van der Waals surface area contributed by atoms with Gasteiger partial charge < -0.3 is 5.32 Å². The maximum atomic E-state index is 4.43. The maximum Gasteiger partial charge on any atom is 0.179 e. The van der Waals surface area contributed by atoms with Crippen molar-refractivity contribution in [2.45, 2.75) is 18.9 Å². The second kappa shape index (κ2) is 4.31. The van der Waals surface area contributed by atoms with Crippen molar-refractivity contribution in [3.05, 3.63) is 28.2 Å². The monoisotopic (exact) mass is 235 g/mol. The summed E-state index contributed by atoms with van der Waals surface area (Å²) in [6.07, 6.45) is 1.12. The fourth-order valence-corrected chi connectivity index (χ4v) is 2.58. The Morgan fingerprint density at radius 2 is 2.56 bits per heavy atom. The number of rotatable bonds is 3. The molecule has 1 unspecified atom stereocenters. The zero-order chi connectivity index (χ0) is 10.8.